The van der Waals surface area contributed by atoms with Gasteiger partial charge in [-0.2, -0.15) is 0 Å². The minimum absolute atomic E-state index is 0.00258. The highest BCUT2D eigenvalue weighted by Crippen LogP contribution is 2.17. The maximum Gasteiger partial charge on any atom is 0.267 e. The molecule has 7 heteroatoms. The van der Waals surface area contributed by atoms with Gasteiger partial charge in [-0.3, -0.25) is 9.59 Å². The number of aromatic hydroxyl groups is 1. The van der Waals surface area contributed by atoms with Gasteiger partial charge in [-0.25, -0.2) is 4.39 Å². The molecule has 128 valence electrons. The zero-order valence-electron chi connectivity index (χ0n) is 13.0. The number of aliphatic hydroxyl groups excluding tert-OH is 1. The fraction of sp³-hybridized carbons (Fsp3) is 0.111. The van der Waals surface area contributed by atoms with Crippen LogP contribution in [0.5, 0.6) is 5.75 Å². The van der Waals surface area contributed by atoms with E-state index in [0.29, 0.717) is 5.56 Å². The Kier molecular flexibility index (Phi) is 4.49. The molecule has 25 heavy (non-hydrogen) atoms. The number of para-hydroxylation sites is 1. The van der Waals surface area contributed by atoms with Gasteiger partial charge in [0.2, 0.25) is 0 Å². The van der Waals surface area contributed by atoms with Gasteiger partial charge in [-0.15, -0.1) is 0 Å². The molecule has 0 aliphatic carbocycles. The molecule has 4 N–H and O–H groups in total. The van der Waals surface area contributed by atoms with Gasteiger partial charge in [-0.05, 0) is 29.8 Å². The van der Waals surface area contributed by atoms with Crippen LogP contribution in [0.4, 0.5) is 4.39 Å². The molecule has 1 aromatic heterocycles. The number of rotatable bonds is 4. The number of carbonyl (C=O) groups is 1. The summed E-state index contributed by atoms with van der Waals surface area (Å²) in [5.41, 5.74) is -0.204. The summed E-state index contributed by atoms with van der Waals surface area (Å²) in [5.74, 6) is -1.29. The second-order valence-corrected chi connectivity index (χ2v) is 5.53. The smallest absolute Gasteiger partial charge is 0.267 e. The Morgan fingerprint density at radius 1 is 1.20 bits per heavy atom. The predicted octanol–water partition coefficient (Wildman–Crippen LogP) is 1.84. The van der Waals surface area contributed by atoms with Crippen LogP contribution in [0.15, 0.2) is 53.3 Å². The summed E-state index contributed by atoms with van der Waals surface area (Å²) in [7, 11) is 0. The van der Waals surface area contributed by atoms with Crippen molar-refractivity contribution in [2.75, 3.05) is 6.54 Å². The van der Waals surface area contributed by atoms with E-state index in [1.54, 1.807) is 12.1 Å². The number of benzene rings is 2. The number of phenols is 1. The van der Waals surface area contributed by atoms with E-state index in [1.807, 2.05) is 0 Å². The van der Waals surface area contributed by atoms with E-state index in [1.165, 1.54) is 30.3 Å². The van der Waals surface area contributed by atoms with E-state index in [9.17, 15) is 24.2 Å². The SMILES string of the molecule is O=C(NC[C@H](O)c1cccc(O)c1)c1cc(=O)c2cccc(F)c2[nH]1. The lowest BCUT2D eigenvalue weighted by molar-refractivity contribution is 0.0911. The van der Waals surface area contributed by atoms with Gasteiger partial charge in [0.05, 0.1) is 11.6 Å². The lowest BCUT2D eigenvalue weighted by Crippen LogP contribution is -2.30. The Balaban J connectivity index is 1.78. The van der Waals surface area contributed by atoms with Gasteiger partial charge in [0, 0.05) is 18.0 Å². The molecule has 0 saturated carbocycles. The second kappa shape index (κ2) is 6.74. The van der Waals surface area contributed by atoms with Crippen LogP contribution >= 0.6 is 0 Å². The maximum absolute atomic E-state index is 13.8. The van der Waals surface area contributed by atoms with Gasteiger partial charge in [0.1, 0.15) is 17.3 Å². The molecule has 0 bridgehead atoms. The van der Waals surface area contributed by atoms with Gasteiger partial charge in [0.25, 0.3) is 5.91 Å². The third-order valence-electron chi connectivity index (χ3n) is 3.77. The number of carbonyl (C=O) groups excluding carboxylic acids is 1. The van der Waals surface area contributed by atoms with Crippen molar-refractivity contribution in [2.24, 2.45) is 0 Å². The quantitative estimate of drug-likeness (QED) is 0.581. The number of hydrogen-bond donors (Lipinski definition) is 4. The van der Waals surface area contributed by atoms with Crippen molar-refractivity contribution in [2.45, 2.75) is 6.10 Å². The molecule has 1 amide bonds. The molecule has 3 rings (SSSR count). The molecular formula is C18H15FN2O4. The summed E-state index contributed by atoms with van der Waals surface area (Å²) in [5, 5.41) is 22.1. The fourth-order valence-corrected chi connectivity index (χ4v) is 2.49. The van der Waals surface area contributed by atoms with Crippen molar-refractivity contribution in [3.05, 3.63) is 75.8 Å². The molecule has 0 aliphatic rings. The van der Waals surface area contributed by atoms with Crippen LogP contribution in [0.2, 0.25) is 0 Å². The van der Waals surface area contributed by atoms with E-state index in [-0.39, 0.29) is 28.9 Å². The Labute approximate surface area is 141 Å². The van der Waals surface area contributed by atoms with Crippen molar-refractivity contribution >= 4 is 16.8 Å². The molecule has 0 spiro atoms. The van der Waals surface area contributed by atoms with E-state index >= 15 is 0 Å². The van der Waals surface area contributed by atoms with E-state index in [4.69, 9.17) is 0 Å². The summed E-state index contributed by atoms with van der Waals surface area (Å²) >= 11 is 0. The van der Waals surface area contributed by atoms with Gasteiger partial charge >= 0.3 is 0 Å². The zero-order valence-corrected chi connectivity index (χ0v) is 13.0. The third kappa shape index (κ3) is 3.51. The first-order valence-electron chi connectivity index (χ1n) is 7.52. The van der Waals surface area contributed by atoms with Crippen molar-refractivity contribution in [1.82, 2.24) is 10.3 Å². The lowest BCUT2D eigenvalue weighted by Gasteiger charge is -2.13. The molecular weight excluding hydrogens is 327 g/mol. The first-order chi connectivity index (χ1) is 12.0. The first kappa shape index (κ1) is 16.7. The van der Waals surface area contributed by atoms with E-state index in [0.717, 1.165) is 6.07 Å². The molecule has 6 nitrogen and oxygen atoms in total. The largest absolute Gasteiger partial charge is 0.508 e. The van der Waals surface area contributed by atoms with Crippen LogP contribution < -0.4 is 10.7 Å². The number of nitrogens with one attached hydrogen (secondary N) is 2. The molecule has 0 aliphatic heterocycles. The van der Waals surface area contributed by atoms with Crippen molar-refractivity contribution in [3.63, 3.8) is 0 Å². The minimum Gasteiger partial charge on any atom is -0.508 e. The Morgan fingerprint density at radius 3 is 2.72 bits per heavy atom. The topological polar surface area (TPSA) is 102 Å². The molecule has 0 radical (unpaired) electrons. The third-order valence-corrected chi connectivity index (χ3v) is 3.77. The Morgan fingerprint density at radius 2 is 1.96 bits per heavy atom. The predicted molar refractivity (Wildman–Crippen MR) is 89.9 cm³/mol. The standard InChI is InChI=1S/C18H15FN2O4/c19-13-6-2-5-12-15(23)8-14(21-17(12)13)18(25)20-9-16(24)10-3-1-4-11(22)7-10/h1-8,16,22,24H,9H2,(H,20,25)(H,21,23)/t16-/m0/s1. The number of aliphatic hydroxyl groups is 1. The van der Waals surface area contributed by atoms with Crippen LogP contribution in [0.3, 0.4) is 0 Å². The Bertz CT molecular complexity index is 1000. The number of hydrogen-bond acceptors (Lipinski definition) is 4. The molecule has 3 aromatic rings. The maximum atomic E-state index is 13.8. The Hall–Kier alpha value is -3.19. The van der Waals surface area contributed by atoms with Crippen molar-refractivity contribution in [1.29, 1.82) is 0 Å². The fourth-order valence-electron chi connectivity index (χ4n) is 2.49. The number of fused-ring (bicyclic) bond motifs is 1. The normalized spacial score (nSPS) is 12.1. The zero-order chi connectivity index (χ0) is 18.0. The number of pyridine rings is 1. The number of H-pyrrole nitrogens is 1. The van der Waals surface area contributed by atoms with Crippen LogP contribution in [0.1, 0.15) is 22.2 Å². The molecule has 0 saturated heterocycles. The van der Waals surface area contributed by atoms with Crippen LogP contribution in [0.25, 0.3) is 10.9 Å². The number of phenolic OH excluding ortho intramolecular Hbond substituents is 1. The monoisotopic (exact) mass is 342 g/mol. The molecule has 2 aromatic carbocycles. The van der Waals surface area contributed by atoms with E-state index < -0.39 is 23.3 Å². The average molecular weight is 342 g/mol. The van der Waals surface area contributed by atoms with Crippen molar-refractivity contribution < 1.29 is 19.4 Å². The average Bonchev–Trinajstić information content (AvgIpc) is 2.60. The minimum atomic E-state index is -1.04. The molecule has 1 atom stereocenters. The first-order valence-corrected chi connectivity index (χ1v) is 7.52. The summed E-state index contributed by atoms with van der Waals surface area (Å²) in [4.78, 5) is 26.8. The molecule has 0 fully saturated rings. The number of aromatic nitrogens is 1. The highest BCUT2D eigenvalue weighted by atomic mass is 19.1. The highest BCUT2D eigenvalue weighted by molar-refractivity contribution is 5.94. The van der Waals surface area contributed by atoms with Gasteiger partial charge in [0.15, 0.2) is 5.43 Å². The summed E-state index contributed by atoms with van der Waals surface area (Å²) in [6, 6.07) is 11.2. The summed E-state index contributed by atoms with van der Waals surface area (Å²) in [6.07, 6.45) is -1.04. The summed E-state index contributed by atoms with van der Waals surface area (Å²) < 4.78 is 13.8. The molecule has 0 unspecified atom stereocenters. The van der Waals surface area contributed by atoms with Gasteiger partial charge in [-0.1, -0.05) is 18.2 Å². The van der Waals surface area contributed by atoms with Gasteiger partial charge < -0.3 is 20.5 Å². The number of halogens is 1. The van der Waals surface area contributed by atoms with Crippen LogP contribution in [-0.2, 0) is 0 Å². The highest BCUT2D eigenvalue weighted by Gasteiger charge is 2.14. The van der Waals surface area contributed by atoms with Crippen molar-refractivity contribution in [3.8, 4) is 5.75 Å². The second-order valence-electron chi connectivity index (χ2n) is 5.53. The summed E-state index contributed by atoms with van der Waals surface area (Å²) in [6.45, 7) is -0.139. The van der Waals surface area contributed by atoms with E-state index in [2.05, 4.69) is 10.3 Å². The lowest BCUT2D eigenvalue weighted by atomic mass is 10.1. The van der Waals surface area contributed by atoms with Crippen LogP contribution in [-0.4, -0.2) is 27.6 Å². The van der Waals surface area contributed by atoms with Crippen LogP contribution in [0, 0.1) is 5.82 Å². The number of aromatic amines is 1. The molecule has 1 heterocycles. The number of amides is 1.